The normalized spacial score (nSPS) is 21.9. The lowest BCUT2D eigenvalue weighted by Gasteiger charge is -2.23. The second-order valence-electron chi connectivity index (χ2n) is 4.49. The molecule has 2 heterocycles. The summed E-state index contributed by atoms with van der Waals surface area (Å²) in [6.45, 7) is 4.86. The van der Waals surface area contributed by atoms with Crippen molar-refractivity contribution in [3.63, 3.8) is 0 Å². The zero-order valence-electron chi connectivity index (χ0n) is 10.4. The van der Waals surface area contributed by atoms with Crippen molar-refractivity contribution in [2.45, 2.75) is 32.4 Å². The first kappa shape index (κ1) is 13.1. The van der Waals surface area contributed by atoms with Gasteiger partial charge in [-0.05, 0) is 35.8 Å². The summed E-state index contributed by atoms with van der Waals surface area (Å²) in [6.07, 6.45) is 4.11. The van der Waals surface area contributed by atoms with Gasteiger partial charge < -0.3 is 10.1 Å². The van der Waals surface area contributed by atoms with Gasteiger partial charge in [0.25, 0.3) is 0 Å². The fourth-order valence-electron chi connectivity index (χ4n) is 2.48. The zero-order chi connectivity index (χ0) is 12.3. The van der Waals surface area contributed by atoms with E-state index in [0.717, 1.165) is 37.1 Å². The number of rotatable bonds is 5. The van der Waals surface area contributed by atoms with Crippen LogP contribution in [0.1, 0.15) is 31.5 Å². The van der Waals surface area contributed by atoms with Crippen molar-refractivity contribution in [1.29, 1.82) is 0 Å². The van der Waals surface area contributed by atoms with Crippen LogP contribution >= 0.6 is 15.9 Å². The Bertz CT molecular complexity index is 361. The SMILES string of the molecule is CCCn1ncc(Br)c1C(NC)C1CCOC1. The highest BCUT2D eigenvalue weighted by Gasteiger charge is 2.29. The molecular weight excluding hydrogens is 282 g/mol. The van der Waals surface area contributed by atoms with Gasteiger partial charge in [-0.15, -0.1) is 0 Å². The molecule has 2 atom stereocenters. The minimum absolute atomic E-state index is 0.320. The van der Waals surface area contributed by atoms with Gasteiger partial charge in [-0.1, -0.05) is 6.92 Å². The first-order chi connectivity index (χ1) is 8.27. The monoisotopic (exact) mass is 301 g/mol. The third-order valence-corrected chi connectivity index (χ3v) is 3.92. The van der Waals surface area contributed by atoms with Crippen LogP contribution in [0.15, 0.2) is 10.7 Å². The van der Waals surface area contributed by atoms with Crippen LogP contribution < -0.4 is 5.32 Å². The highest BCUT2D eigenvalue weighted by Crippen LogP contribution is 2.32. The Kier molecular flexibility index (Phi) is 4.59. The molecule has 1 aliphatic rings. The Morgan fingerprint density at radius 3 is 3.12 bits per heavy atom. The predicted molar refractivity (Wildman–Crippen MR) is 70.9 cm³/mol. The van der Waals surface area contributed by atoms with Crippen LogP contribution in [0, 0.1) is 5.92 Å². The number of halogens is 1. The summed E-state index contributed by atoms with van der Waals surface area (Å²) in [5, 5.41) is 7.85. The van der Waals surface area contributed by atoms with Gasteiger partial charge in [-0.2, -0.15) is 5.10 Å². The van der Waals surface area contributed by atoms with Crippen molar-refractivity contribution in [1.82, 2.24) is 15.1 Å². The topological polar surface area (TPSA) is 39.1 Å². The molecule has 17 heavy (non-hydrogen) atoms. The molecule has 0 saturated carbocycles. The van der Waals surface area contributed by atoms with Gasteiger partial charge in [0.2, 0.25) is 0 Å². The second-order valence-corrected chi connectivity index (χ2v) is 5.35. The molecule has 0 aliphatic carbocycles. The fraction of sp³-hybridized carbons (Fsp3) is 0.750. The van der Waals surface area contributed by atoms with Gasteiger partial charge in [0, 0.05) is 19.1 Å². The van der Waals surface area contributed by atoms with Gasteiger partial charge in [-0.25, -0.2) is 0 Å². The standard InChI is InChI=1S/C12H20BrN3O/c1-3-5-16-12(10(13)7-15-16)11(14-2)9-4-6-17-8-9/h7,9,11,14H,3-6,8H2,1-2H3. The van der Waals surface area contributed by atoms with Gasteiger partial charge in [0.1, 0.15) is 0 Å². The molecule has 5 heteroatoms. The number of ether oxygens (including phenoxy) is 1. The average Bonchev–Trinajstić information content (AvgIpc) is 2.94. The predicted octanol–water partition coefficient (Wildman–Crippen LogP) is 2.35. The van der Waals surface area contributed by atoms with E-state index < -0.39 is 0 Å². The van der Waals surface area contributed by atoms with Gasteiger partial charge in [0.15, 0.2) is 0 Å². The molecule has 1 aromatic rings. The van der Waals surface area contributed by atoms with E-state index in [1.165, 1.54) is 5.69 Å². The van der Waals surface area contributed by atoms with Crippen molar-refractivity contribution in [3.8, 4) is 0 Å². The minimum atomic E-state index is 0.320. The molecule has 0 bridgehead atoms. The zero-order valence-corrected chi connectivity index (χ0v) is 12.0. The van der Waals surface area contributed by atoms with Crippen LogP contribution in [-0.2, 0) is 11.3 Å². The Morgan fingerprint density at radius 1 is 1.71 bits per heavy atom. The van der Waals surface area contributed by atoms with E-state index in [2.05, 4.69) is 38.0 Å². The minimum Gasteiger partial charge on any atom is -0.381 e. The lowest BCUT2D eigenvalue weighted by molar-refractivity contribution is 0.176. The first-order valence-corrected chi connectivity index (χ1v) is 7.03. The van der Waals surface area contributed by atoms with Gasteiger partial charge in [-0.3, -0.25) is 4.68 Å². The van der Waals surface area contributed by atoms with Gasteiger partial charge in [0.05, 0.1) is 29.0 Å². The summed E-state index contributed by atoms with van der Waals surface area (Å²) in [6, 6.07) is 0.320. The quantitative estimate of drug-likeness (QED) is 0.907. The number of hydrogen-bond donors (Lipinski definition) is 1. The van der Waals surface area contributed by atoms with Crippen LogP contribution in [-0.4, -0.2) is 30.0 Å². The molecule has 0 spiro atoms. The Balaban J connectivity index is 2.25. The molecule has 1 N–H and O–H groups in total. The number of aryl methyl sites for hydroxylation is 1. The van der Waals surface area contributed by atoms with Crippen LogP contribution in [0.25, 0.3) is 0 Å². The highest BCUT2D eigenvalue weighted by atomic mass is 79.9. The van der Waals surface area contributed by atoms with Crippen LogP contribution in [0.4, 0.5) is 0 Å². The van der Waals surface area contributed by atoms with Crippen LogP contribution in [0.2, 0.25) is 0 Å². The number of nitrogens with one attached hydrogen (secondary N) is 1. The molecule has 0 radical (unpaired) electrons. The third kappa shape index (κ3) is 2.72. The average molecular weight is 302 g/mol. The maximum atomic E-state index is 5.49. The van der Waals surface area contributed by atoms with E-state index in [-0.39, 0.29) is 0 Å². The van der Waals surface area contributed by atoms with E-state index in [9.17, 15) is 0 Å². The summed E-state index contributed by atoms with van der Waals surface area (Å²) in [5.41, 5.74) is 1.25. The molecule has 1 aromatic heterocycles. The second kappa shape index (κ2) is 5.98. The largest absolute Gasteiger partial charge is 0.381 e. The maximum absolute atomic E-state index is 5.49. The van der Waals surface area contributed by atoms with E-state index in [4.69, 9.17) is 4.74 Å². The lowest BCUT2D eigenvalue weighted by Crippen LogP contribution is -2.28. The van der Waals surface area contributed by atoms with E-state index in [1.807, 2.05) is 13.2 Å². The van der Waals surface area contributed by atoms with Crippen LogP contribution in [0.3, 0.4) is 0 Å². The number of aromatic nitrogens is 2. The smallest absolute Gasteiger partial charge is 0.0699 e. The Morgan fingerprint density at radius 2 is 2.53 bits per heavy atom. The molecule has 2 rings (SSSR count). The molecule has 0 amide bonds. The van der Waals surface area contributed by atoms with Crippen molar-refractivity contribution >= 4 is 15.9 Å². The molecule has 1 fully saturated rings. The third-order valence-electron chi connectivity index (χ3n) is 3.31. The van der Waals surface area contributed by atoms with Crippen molar-refractivity contribution < 1.29 is 4.74 Å². The molecular formula is C12H20BrN3O. The van der Waals surface area contributed by atoms with Crippen molar-refractivity contribution in [3.05, 3.63) is 16.4 Å². The maximum Gasteiger partial charge on any atom is 0.0699 e. The summed E-state index contributed by atoms with van der Waals surface area (Å²) in [7, 11) is 2.01. The highest BCUT2D eigenvalue weighted by molar-refractivity contribution is 9.10. The summed E-state index contributed by atoms with van der Waals surface area (Å²) in [4.78, 5) is 0. The molecule has 96 valence electrons. The van der Waals surface area contributed by atoms with Crippen molar-refractivity contribution in [2.75, 3.05) is 20.3 Å². The number of nitrogens with zero attached hydrogens (tertiary/aromatic N) is 2. The number of hydrogen-bond acceptors (Lipinski definition) is 3. The van der Waals surface area contributed by atoms with E-state index in [1.54, 1.807) is 0 Å². The Labute approximate surface area is 111 Å². The Hall–Kier alpha value is -0.390. The van der Waals surface area contributed by atoms with Crippen LogP contribution in [0.5, 0.6) is 0 Å². The molecule has 2 unspecified atom stereocenters. The van der Waals surface area contributed by atoms with E-state index >= 15 is 0 Å². The lowest BCUT2D eigenvalue weighted by atomic mass is 9.96. The van der Waals surface area contributed by atoms with E-state index in [0.29, 0.717) is 12.0 Å². The molecule has 0 aromatic carbocycles. The molecule has 1 aliphatic heterocycles. The van der Waals surface area contributed by atoms with Gasteiger partial charge >= 0.3 is 0 Å². The molecule has 1 saturated heterocycles. The summed E-state index contributed by atoms with van der Waals surface area (Å²) < 4.78 is 8.69. The van der Waals surface area contributed by atoms with Crippen molar-refractivity contribution in [2.24, 2.45) is 5.92 Å². The summed E-state index contributed by atoms with van der Waals surface area (Å²) >= 11 is 3.61. The first-order valence-electron chi connectivity index (χ1n) is 6.24. The fourth-order valence-corrected chi connectivity index (χ4v) is 3.03. The molecule has 4 nitrogen and oxygen atoms in total. The summed E-state index contributed by atoms with van der Waals surface area (Å²) in [5.74, 6) is 0.545.